The van der Waals surface area contributed by atoms with Gasteiger partial charge in [-0.25, -0.2) is 0 Å². The highest BCUT2D eigenvalue weighted by molar-refractivity contribution is 5.87. The van der Waals surface area contributed by atoms with E-state index in [9.17, 15) is 4.79 Å². The summed E-state index contributed by atoms with van der Waals surface area (Å²) < 4.78 is 0. The molecule has 1 aromatic rings. The van der Waals surface area contributed by atoms with Crippen LogP contribution in [0.5, 0.6) is 0 Å². The second-order valence-corrected chi connectivity index (χ2v) is 6.39. The van der Waals surface area contributed by atoms with Crippen LogP contribution in [0.3, 0.4) is 0 Å². The van der Waals surface area contributed by atoms with Gasteiger partial charge in [0, 0.05) is 25.1 Å². The Kier molecular flexibility index (Phi) is 5.51. The number of hydrogen-bond donors (Lipinski definition) is 1. The standard InChI is InChI=1S/C15H26N4O/c1-15(2,3)13-10-12(16-17-13)11-19(6)14(20)8-7-9-18(4)5/h7-8,10H,9,11H2,1-6H3,(H,16,17)/b8-7+. The van der Waals surface area contributed by atoms with Gasteiger partial charge in [0.05, 0.1) is 17.9 Å². The molecule has 0 aromatic carbocycles. The maximum Gasteiger partial charge on any atom is 0.246 e. The average molecular weight is 278 g/mol. The van der Waals surface area contributed by atoms with Crippen LogP contribution in [-0.4, -0.2) is 53.6 Å². The quantitative estimate of drug-likeness (QED) is 0.835. The molecule has 0 saturated carbocycles. The van der Waals surface area contributed by atoms with E-state index in [0.29, 0.717) is 6.54 Å². The molecule has 0 fully saturated rings. The van der Waals surface area contributed by atoms with Crippen LogP contribution in [-0.2, 0) is 16.8 Å². The van der Waals surface area contributed by atoms with Gasteiger partial charge in [-0.2, -0.15) is 5.10 Å². The first-order valence-electron chi connectivity index (χ1n) is 6.81. The largest absolute Gasteiger partial charge is 0.336 e. The minimum absolute atomic E-state index is 0.00115. The lowest BCUT2D eigenvalue weighted by Gasteiger charge is -2.15. The summed E-state index contributed by atoms with van der Waals surface area (Å²) >= 11 is 0. The summed E-state index contributed by atoms with van der Waals surface area (Å²) in [5.74, 6) is -0.00115. The van der Waals surface area contributed by atoms with Crippen molar-refractivity contribution in [3.63, 3.8) is 0 Å². The Morgan fingerprint density at radius 3 is 2.50 bits per heavy atom. The molecular weight excluding hydrogens is 252 g/mol. The van der Waals surface area contributed by atoms with Gasteiger partial charge in [-0.1, -0.05) is 26.8 Å². The number of carbonyl (C=O) groups is 1. The van der Waals surface area contributed by atoms with Gasteiger partial charge < -0.3 is 9.80 Å². The normalized spacial score (nSPS) is 12.3. The SMILES string of the molecule is CN(C)C/C=C/C(=O)N(C)Cc1cc(C(C)(C)C)n[nH]1. The van der Waals surface area contributed by atoms with Crippen LogP contribution in [0.4, 0.5) is 0 Å². The molecule has 0 spiro atoms. The summed E-state index contributed by atoms with van der Waals surface area (Å²) in [6, 6.07) is 2.02. The molecule has 0 unspecified atom stereocenters. The van der Waals surface area contributed by atoms with E-state index in [0.717, 1.165) is 17.9 Å². The van der Waals surface area contributed by atoms with Crippen molar-refractivity contribution in [2.45, 2.75) is 32.7 Å². The predicted octanol–water partition coefficient (Wildman–Crippen LogP) is 1.78. The van der Waals surface area contributed by atoms with E-state index >= 15 is 0 Å². The van der Waals surface area contributed by atoms with Crippen molar-refractivity contribution in [1.82, 2.24) is 20.0 Å². The fourth-order valence-corrected chi connectivity index (χ4v) is 1.65. The minimum Gasteiger partial charge on any atom is -0.336 e. The smallest absolute Gasteiger partial charge is 0.246 e. The van der Waals surface area contributed by atoms with Gasteiger partial charge in [0.15, 0.2) is 0 Å². The van der Waals surface area contributed by atoms with Crippen LogP contribution in [0.2, 0.25) is 0 Å². The van der Waals surface area contributed by atoms with E-state index in [1.165, 1.54) is 0 Å². The summed E-state index contributed by atoms with van der Waals surface area (Å²) in [7, 11) is 5.73. The van der Waals surface area contributed by atoms with Crippen LogP contribution in [0.1, 0.15) is 32.2 Å². The molecule has 5 heteroatoms. The van der Waals surface area contributed by atoms with Crippen LogP contribution in [0.15, 0.2) is 18.2 Å². The molecule has 0 saturated heterocycles. The molecule has 0 aliphatic heterocycles. The molecule has 1 heterocycles. The molecule has 0 radical (unpaired) electrons. The van der Waals surface area contributed by atoms with Crippen molar-refractivity contribution in [2.24, 2.45) is 0 Å². The first-order chi connectivity index (χ1) is 9.20. The Morgan fingerprint density at radius 1 is 1.35 bits per heavy atom. The number of H-pyrrole nitrogens is 1. The van der Waals surface area contributed by atoms with E-state index in [2.05, 4.69) is 31.0 Å². The van der Waals surface area contributed by atoms with Crippen LogP contribution < -0.4 is 0 Å². The zero-order valence-corrected chi connectivity index (χ0v) is 13.4. The van der Waals surface area contributed by atoms with E-state index in [1.54, 1.807) is 18.0 Å². The highest BCUT2D eigenvalue weighted by atomic mass is 16.2. The average Bonchev–Trinajstić information content (AvgIpc) is 2.76. The van der Waals surface area contributed by atoms with E-state index in [1.807, 2.05) is 31.1 Å². The second kappa shape index (κ2) is 6.70. The fraction of sp³-hybridized carbons (Fsp3) is 0.600. The minimum atomic E-state index is -0.00115. The monoisotopic (exact) mass is 278 g/mol. The Labute approximate surface area is 121 Å². The van der Waals surface area contributed by atoms with Crippen LogP contribution in [0, 0.1) is 0 Å². The van der Waals surface area contributed by atoms with E-state index in [-0.39, 0.29) is 11.3 Å². The lowest BCUT2D eigenvalue weighted by Crippen LogP contribution is -2.24. The fourth-order valence-electron chi connectivity index (χ4n) is 1.65. The number of aromatic nitrogens is 2. The Balaban J connectivity index is 2.57. The molecule has 1 aromatic heterocycles. The number of amides is 1. The van der Waals surface area contributed by atoms with Crippen molar-refractivity contribution >= 4 is 5.91 Å². The third-order valence-electron chi connectivity index (χ3n) is 2.91. The first kappa shape index (κ1) is 16.4. The zero-order valence-electron chi connectivity index (χ0n) is 13.4. The van der Waals surface area contributed by atoms with Crippen LogP contribution >= 0.6 is 0 Å². The molecule has 1 amide bonds. The first-order valence-corrected chi connectivity index (χ1v) is 6.81. The molecule has 1 N–H and O–H groups in total. The van der Waals surface area contributed by atoms with Crippen molar-refractivity contribution in [3.05, 3.63) is 29.6 Å². The number of hydrogen-bond acceptors (Lipinski definition) is 3. The summed E-state index contributed by atoms with van der Waals surface area (Å²) in [4.78, 5) is 15.6. The lowest BCUT2D eigenvalue weighted by molar-refractivity contribution is -0.125. The third kappa shape index (κ3) is 5.17. The maximum absolute atomic E-state index is 11.9. The number of likely N-dealkylation sites (N-methyl/N-ethyl adjacent to an activating group) is 2. The summed E-state index contributed by atoms with van der Waals surface area (Å²) in [6.45, 7) is 7.65. The van der Waals surface area contributed by atoms with Crippen LogP contribution in [0.25, 0.3) is 0 Å². The Hall–Kier alpha value is -1.62. The van der Waals surface area contributed by atoms with Crippen molar-refractivity contribution < 1.29 is 4.79 Å². The summed E-state index contributed by atoms with van der Waals surface area (Å²) in [6.07, 6.45) is 3.48. The number of nitrogens with one attached hydrogen (secondary N) is 1. The molecule has 0 atom stereocenters. The summed E-state index contributed by atoms with van der Waals surface area (Å²) in [5, 5.41) is 7.29. The molecular formula is C15H26N4O. The van der Waals surface area contributed by atoms with Gasteiger partial charge in [-0.15, -0.1) is 0 Å². The van der Waals surface area contributed by atoms with E-state index < -0.39 is 0 Å². The third-order valence-corrected chi connectivity index (χ3v) is 2.91. The zero-order chi connectivity index (χ0) is 15.3. The molecule has 0 bridgehead atoms. The van der Waals surface area contributed by atoms with Crippen molar-refractivity contribution in [1.29, 1.82) is 0 Å². The number of aromatic amines is 1. The van der Waals surface area contributed by atoms with Gasteiger partial charge in [0.2, 0.25) is 5.91 Å². The maximum atomic E-state index is 11.9. The predicted molar refractivity (Wildman–Crippen MR) is 81.5 cm³/mol. The number of rotatable bonds is 5. The Bertz CT molecular complexity index is 468. The topological polar surface area (TPSA) is 52.2 Å². The summed E-state index contributed by atoms with van der Waals surface area (Å²) in [5.41, 5.74) is 1.98. The lowest BCUT2D eigenvalue weighted by atomic mass is 9.92. The van der Waals surface area contributed by atoms with Gasteiger partial charge in [-0.05, 0) is 20.2 Å². The molecule has 112 valence electrons. The van der Waals surface area contributed by atoms with Gasteiger partial charge >= 0.3 is 0 Å². The van der Waals surface area contributed by atoms with Crippen molar-refractivity contribution in [2.75, 3.05) is 27.7 Å². The molecule has 5 nitrogen and oxygen atoms in total. The highest BCUT2D eigenvalue weighted by Gasteiger charge is 2.18. The molecule has 0 aliphatic rings. The van der Waals surface area contributed by atoms with E-state index in [4.69, 9.17) is 0 Å². The molecule has 0 aliphatic carbocycles. The molecule has 20 heavy (non-hydrogen) atoms. The second-order valence-electron chi connectivity index (χ2n) is 6.39. The van der Waals surface area contributed by atoms with Gasteiger partial charge in [-0.3, -0.25) is 9.89 Å². The molecule has 1 rings (SSSR count). The Morgan fingerprint density at radius 2 is 2.00 bits per heavy atom. The van der Waals surface area contributed by atoms with Gasteiger partial charge in [0.25, 0.3) is 0 Å². The number of carbonyl (C=O) groups excluding carboxylic acids is 1. The highest BCUT2D eigenvalue weighted by Crippen LogP contribution is 2.20. The number of nitrogens with zero attached hydrogens (tertiary/aromatic N) is 3. The van der Waals surface area contributed by atoms with Crippen molar-refractivity contribution in [3.8, 4) is 0 Å². The van der Waals surface area contributed by atoms with Gasteiger partial charge in [0.1, 0.15) is 0 Å².